The van der Waals surface area contributed by atoms with Crippen molar-refractivity contribution in [3.05, 3.63) is 45.3 Å². The van der Waals surface area contributed by atoms with Gasteiger partial charge in [0.2, 0.25) is 0 Å². The van der Waals surface area contributed by atoms with Gasteiger partial charge in [-0.05, 0) is 35.2 Å². The summed E-state index contributed by atoms with van der Waals surface area (Å²) in [7, 11) is 0. The number of aromatic hydroxyl groups is 3. The van der Waals surface area contributed by atoms with Crippen molar-refractivity contribution in [3.8, 4) is 28.4 Å². The Kier molecular flexibility index (Phi) is 2.58. The van der Waals surface area contributed by atoms with Gasteiger partial charge in [-0.15, -0.1) is 0 Å². The lowest BCUT2D eigenvalue weighted by Gasteiger charge is -2.15. The van der Waals surface area contributed by atoms with Crippen LogP contribution in [0.1, 0.15) is 23.2 Å². The summed E-state index contributed by atoms with van der Waals surface area (Å²) in [6, 6.07) is 5.74. The van der Waals surface area contributed by atoms with Crippen molar-refractivity contribution >= 4 is 33.1 Å². The first-order valence-corrected chi connectivity index (χ1v) is 8.08. The lowest BCUT2D eigenvalue weighted by atomic mass is 9.91. The lowest BCUT2D eigenvalue weighted by molar-refractivity contribution is 0.0973. The summed E-state index contributed by atoms with van der Waals surface area (Å²) < 4.78 is 0. The molecule has 0 aliphatic heterocycles. The fourth-order valence-electron chi connectivity index (χ4n) is 4.16. The minimum atomic E-state index is -0.577. The molecule has 6 nitrogen and oxygen atoms in total. The number of Topliss-reactive ketones (excluding diaryl/α,β-unsaturated/α-hetero) is 1. The van der Waals surface area contributed by atoms with Crippen LogP contribution in [0.15, 0.2) is 29.1 Å². The molecule has 26 heavy (non-hydrogen) atoms. The van der Waals surface area contributed by atoms with E-state index >= 15 is 0 Å². The zero-order valence-corrected chi connectivity index (χ0v) is 13.3. The summed E-state index contributed by atoms with van der Waals surface area (Å²) in [4.78, 5) is 24.6. The Labute approximate surface area is 145 Å². The van der Waals surface area contributed by atoms with Crippen LogP contribution in [0.3, 0.4) is 0 Å². The molecule has 3 aliphatic carbocycles. The number of hydrogen-bond donors (Lipinski definition) is 4. The third kappa shape index (κ3) is 1.52. The van der Waals surface area contributed by atoms with Gasteiger partial charge in [0.1, 0.15) is 11.5 Å². The molecule has 2 aromatic carbocycles. The summed E-state index contributed by atoms with van der Waals surface area (Å²) in [5.41, 5.74) is 0.467. The van der Waals surface area contributed by atoms with Gasteiger partial charge in [0.25, 0.3) is 0 Å². The highest BCUT2D eigenvalue weighted by atomic mass is 16.3. The maximum atomic E-state index is 12.3. The number of carbonyl (C=O) groups is 1. The van der Waals surface area contributed by atoms with Crippen molar-refractivity contribution < 1.29 is 25.2 Å². The zero-order chi connectivity index (χ0) is 18.3. The molecule has 0 spiro atoms. The van der Waals surface area contributed by atoms with Crippen LogP contribution in [0.2, 0.25) is 0 Å². The molecule has 0 amide bonds. The van der Waals surface area contributed by atoms with E-state index in [-0.39, 0.29) is 57.1 Å². The predicted octanol–water partition coefficient (Wildman–Crippen LogP) is 2.37. The molecule has 0 radical (unpaired) electrons. The molecule has 0 atom stereocenters. The molecule has 0 unspecified atom stereocenters. The second kappa shape index (κ2) is 4.54. The van der Waals surface area contributed by atoms with Crippen molar-refractivity contribution in [1.82, 2.24) is 0 Å². The van der Waals surface area contributed by atoms with Crippen molar-refractivity contribution in [1.29, 1.82) is 0 Å². The van der Waals surface area contributed by atoms with Gasteiger partial charge >= 0.3 is 0 Å². The van der Waals surface area contributed by atoms with Crippen LogP contribution in [0.25, 0.3) is 38.4 Å². The number of phenolic OH excluding ortho intramolecular Hbond substituents is 3. The van der Waals surface area contributed by atoms with Crippen molar-refractivity contribution in [2.24, 2.45) is 0 Å². The van der Waals surface area contributed by atoms with E-state index < -0.39 is 11.5 Å². The fourth-order valence-corrected chi connectivity index (χ4v) is 4.16. The minimum absolute atomic E-state index is 0.0350. The average Bonchev–Trinajstić information content (AvgIpc) is 2.94. The smallest absolute Gasteiger partial charge is 0.190 e. The number of benzene rings is 3. The fraction of sp³-hybridized carbons (Fsp3) is 0.100. The largest absolute Gasteiger partial charge is 0.512 e. The number of rotatable bonds is 0. The van der Waals surface area contributed by atoms with Crippen molar-refractivity contribution in [3.63, 3.8) is 0 Å². The van der Waals surface area contributed by atoms with Crippen LogP contribution >= 0.6 is 0 Å². The number of aliphatic hydroxyl groups excluding tert-OH is 1. The molecular formula is C20H12O6. The third-order valence-electron chi connectivity index (χ3n) is 5.24. The lowest BCUT2D eigenvalue weighted by Crippen LogP contribution is -2.24. The molecular weight excluding hydrogens is 336 g/mol. The summed E-state index contributed by atoms with van der Waals surface area (Å²) in [6.45, 7) is 0. The van der Waals surface area contributed by atoms with E-state index in [2.05, 4.69) is 0 Å². The molecule has 3 aliphatic rings. The predicted molar refractivity (Wildman–Crippen MR) is 95.3 cm³/mol. The first kappa shape index (κ1) is 14.8. The van der Waals surface area contributed by atoms with E-state index in [1.165, 1.54) is 12.1 Å². The summed E-state index contributed by atoms with van der Waals surface area (Å²) >= 11 is 0. The molecule has 128 valence electrons. The van der Waals surface area contributed by atoms with Gasteiger partial charge in [-0.2, -0.15) is 0 Å². The Morgan fingerprint density at radius 2 is 1.50 bits per heavy atom. The van der Waals surface area contributed by atoms with Gasteiger partial charge in [0.15, 0.2) is 22.7 Å². The van der Waals surface area contributed by atoms with Gasteiger partial charge in [0, 0.05) is 34.4 Å². The van der Waals surface area contributed by atoms with Crippen LogP contribution in [0.4, 0.5) is 0 Å². The quantitative estimate of drug-likeness (QED) is 0.363. The maximum absolute atomic E-state index is 12.3. The molecule has 0 saturated heterocycles. The topological polar surface area (TPSA) is 115 Å². The monoisotopic (exact) mass is 348 g/mol. The van der Waals surface area contributed by atoms with Gasteiger partial charge in [-0.1, -0.05) is 0 Å². The van der Waals surface area contributed by atoms with Gasteiger partial charge in [-0.3, -0.25) is 9.59 Å². The number of phenols is 3. The Morgan fingerprint density at radius 3 is 2.27 bits per heavy atom. The SMILES string of the molecule is O=C1CCC(O)=c2c1c(O)c(O)c1c3ccc(O)c4c3-c(ccc4=O)c21. The number of ketones is 1. The average molecular weight is 348 g/mol. The Balaban J connectivity index is 2.23. The third-order valence-corrected chi connectivity index (χ3v) is 5.24. The molecule has 4 N–H and O–H groups in total. The standard InChI is InChI=1S/C20H12O6/c21-9-3-1-7-13-8(2-4-10(22)16(9)13)15-14(7)17-11(23)5-6-12(24)18(17)20(26)19(15)25/h1-4,22-23,25-26H,5-6H2. The van der Waals surface area contributed by atoms with E-state index in [9.17, 15) is 30.0 Å². The number of fused-ring (bicyclic) bond motifs is 5. The van der Waals surface area contributed by atoms with E-state index in [1.54, 1.807) is 12.1 Å². The molecule has 0 fully saturated rings. The zero-order valence-electron chi connectivity index (χ0n) is 13.3. The number of hydrogen-bond acceptors (Lipinski definition) is 6. The van der Waals surface area contributed by atoms with E-state index in [0.29, 0.717) is 21.9 Å². The molecule has 6 heteroatoms. The highest BCUT2D eigenvalue weighted by molar-refractivity contribution is 6.26. The minimum Gasteiger partial charge on any atom is -0.512 e. The molecule has 2 aromatic rings. The van der Waals surface area contributed by atoms with E-state index in [1.807, 2.05) is 0 Å². The van der Waals surface area contributed by atoms with E-state index in [4.69, 9.17) is 0 Å². The second-order valence-electron chi connectivity index (χ2n) is 6.56. The van der Waals surface area contributed by atoms with Crippen LogP contribution in [-0.2, 0) is 0 Å². The highest BCUT2D eigenvalue weighted by Gasteiger charge is 2.31. The summed E-state index contributed by atoms with van der Waals surface area (Å²) in [5.74, 6) is -1.67. The first-order valence-electron chi connectivity index (χ1n) is 8.08. The Morgan fingerprint density at radius 1 is 0.731 bits per heavy atom. The van der Waals surface area contributed by atoms with Crippen LogP contribution < -0.4 is 10.6 Å². The molecule has 0 bridgehead atoms. The molecule has 0 aromatic heterocycles. The number of aliphatic hydroxyl groups is 1. The Bertz CT molecular complexity index is 1350. The van der Waals surface area contributed by atoms with Gasteiger partial charge < -0.3 is 20.4 Å². The number of carbonyl (C=O) groups excluding carboxylic acids is 1. The van der Waals surface area contributed by atoms with Crippen LogP contribution in [0.5, 0.6) is 17.2 Å². The van der Waals surface area contributed by atoms with Crippen molar-refractivity contribution in [2.45, 2.75) is 12.8 Å². The second-order valence-corrected chi connectivity index (χ2v) is 6.56. The normalized spacial score (nSPS) is 14.6. The maximum Gasteiger partial charge on any atom is 0.190 e. The summed E-state index contributed by atoms with van der Waals surface area (Å²) in [6.07, 6.45) is 0.167. The molecule has 5 rings (SSSR count). The highest BCUT2D eigenvalue weighted by Crippen LogP contribution is 2.49. The Hall–Kier alpha value is -3.54. The van der Waals surface area contributed by atoms with Gasteiger partial charge in [0.05, 0.1) is 10.9 Å². The summed E-state index contributed by atoms with van der Waals surface area (Å²) in [5, 5.41) is 43.0. The van der Waals surface area contributed by atoms with Crippen LogP contribution in [-0.4, -0.2) is 26.2 Å². The van der Waals surface area contributed by atoms with Gasteiger partial charge in [-0.25, -0.2) is 0 Å². The molecule has 0 saturated carbocycles. The van der Waals surface area contributed by atoms with Crippen LogP contribution in [0, 0.1) is 0 Å². The molecule has 0 heterocycles. The van der Waals surface area contributed by atoms with Crippen molar-refractivity contribution in [2.75, 3.05) is 0 Å². The first-order chi connectivity index (χ1) is 12.4. The van der Waals surface area contributed by atoms with E-state index in [0.717, 1.165) is 0 Å².